The third-order valence-corrected chi connectivity index (χ3v) is 6.59. The van der Waals surface area contributed by atoms with Gasteiger partial charge in [0.25, 0.3) is 0 Å². The Bertz CT molecular complexity index is 1040. The highest BCUT2D eigenvalue weighted by Crippen LogP contribution is 2.28. The average molecular weight is 487 g/mol. The van der Waals surface area contributed by atoms with Crippen molar-refractivity contribution in [2.24, 2.45) is 7.05 Å². The van der Waals surface area contributed by atoms with Crippen LogP contribution in [0.25, 0.3) is 0 Å². The molecule has 4 rings (SSSR count). The molecule has 1 aromatic carbocycles. The smallest absolute Gasteiger partial charge is 0.368 e. The fourth-order valence-electron chi connectivity index (χ4n) is 4.42. The van der Waals surface area contributed by atoms with Crippen LogP contribution in [0.5, 0.6) is 0 Å². The maximum absolute atomic E-state index is 13.0. The van der Waals surface area contributed by atoms with Gasteiger partial charge in [-0.05, 0) is 37.1 Å². The van der Waals surface area contributed by atoms with Crippen molar-refractivity contribution in [3.8, 4) is 0 Å². The summed E-state index contributed by atoms with van der Waals surface area (Å²) in [7, 11) is 1.08. The van der Waals surface area contributed by atoms with E-state index in [-0.39, 0.29) is 12.5 Å². The van der Waals surface area contributed by atoms with Gasteiger partial charge in [0.2, 0.25) is 11.7 Å². The van der Waals surface area contributed by atoms with Gasteiger partial charge < -0.3 is 9.80 Å². The molecule has 2 fully saturated rings. The normalized spacial score (nSPS) is 18.7. The Morgan fingerprint density at radius 2 is 1.67 bits per heavy atom. The highest BCUT2D eigenvalue weighted by Gasteiger charge is 2.39. The molecule has 0 atom stereocenters. The molecule has 2 saturated heterocycles. The second-order valence-corrected chi connectivity index (χ2v) is 8.90. The number of anilines is 1. The molecule has 8 nitrogen and oxygen atoms in total. The number of carbonyl (C=O) groups is 1. The van der Waals surface area contributed by atoms with Gasteiger partial charge in [0, 0.05) is 57.0 Å². The molecule has 0 aliphatic carbocycles. The molecule has 2 aliphatic rings. The van der Waals surface area contributed by atoms with E-state index in [1.807, 2.05) is 34.1 Å². The third-order valence-electron chi connectivity index (χ3n) is 6.34. The fourth-order valence-corrected chi connectivity index (χ4v) is 4.55. The van der Waals surface area contributed by atoms with Crippen molar-refractivity contribution in [1.29, 1.82) is 0 Å². The zero-order valence-electron chi connectivity index (χ0n) is 18.3. The molecule has 0 saturated carbocycles. The topological polar surface area (TPSA) is 66.6 Å². The number of hydrogen-bond acceptors (Lipinski definition) is 5. The van der Waals surface area contributed by atoms with Gasteiger partial charge in [0.1, 0.15) is 0 Å². The number of amides is 1. The molecule has 180 valence electrons. The van der Waals surface area contributed by atoms with Crippen LogP contribution in [-0.4, -0.2) is 75.9 Å². The number of likely N-dealkylation sites (tertiary alicyclic amines) is 1. The Hall–Kier alpha value is -2.53. The van der Waals surface area contributed by atoms with Crippen molar-refractivity contribution in [2.45, 2.75) is 25.1 Å². The van der Waals surface area contributed by atoms with Crippen LogP contribution in [0.15, 0.2) is 29.1 Å². The molecule has 0 bridgehead atoms. The number of nitrogens with zero attached hydrogens (tertiary/aromatic N) is 6. The molecule has 2 aliphatic heterocycles. The quantitative estimate of drug-likeness (QED) is 0.663. The van der Waals surface area contributed by atoms with Gasteiger partial charge in [-0.3, -0.25) is 14.3 Å². The van der Waals surface area contributed by atoms with Crippen LogP contribution >= 0.6 is 11.6 Å². The van der Waals surface area contributed by atoms with E-state index in [4.69, 9.17) is 11.6 Å². The number of piperazine rings is 1. The highest BCUT2D eigenvalue weighted by atomic mass is 35.5. The van der Waals surface area contributed by atoms with Crippen molar-refractivity contribution in [2.75, 3.05) is 50.7 Å². The molecule has 0 unspecified atom stereocenters. The van der Waals surface area contributed by atoms with Gasteiger partial charge in [-0.15, -0.1) is 5.10 Å². The molecular formula is C21H26ClF3N6O2. The van der Waals surface area contributed by atoms with Crippen LogP contribution in [0.3, 0.4) is 0 Å². The van der Waals surface area contributed by atoms with Gasteiger partial charge >= 0.3 is 11.9 Å². The number of hydrogen-bond donors (Lipinski definition) is 0. The Kier molecular flexibility index (Phi) is 6.71. The van der Waals surface area contributed by atoms with Crippen LogP contribution < -0.4 is 10.6 Å². The number of halogens is 4. The van der Waals surface area contributed by atoms with Crippen molar-refractivity contribution < 1.29 is 18.0 Å². The van der Waals surface area contributed by atoms with Crippen LogP contribution in [0.2, 0.25) is 5.02 Å². The average Bonchev–Trinajstić information content (AvgIpc) is 3.10. The van der Waals surface area contributed by atoms with Crippen molar-refractivity contribution in [3.63, 3.8) is 0 Å². The van der Waals surface area contributed by atoms with Crippen LogP contribution in [-0.2, 0) is 18.0 Å². The maximum atomic E-state index is 13.0. The summed E-state index contributed by atoms with van der Waals surface area (Å²) in [5, 5.41) is 4.22. The van der Waals surface area contributed by atoms with E-state index in [1.54, 1.807) is 0 Å². The molecular weight excluding hydrogens is 461 g/mol. The highest BCUT2D eigenvalue weighted by molar-refractivity contribution is 6.30. The molecule has 0 radical (unpaired) electrons. The summed E-state index contributed by atoms with van der Waals surface area (Å²) < 4.78 is 40.6. The van der Waals surface area contributed by atoms with E-state index >= 15 is 0 Å². The molecule has 1 amide bonds. The minimum atomic E-state index is -4.68. The van der Waals surface area contributed by atoms with E-state index in [0.717, 1.165) is 30.5 Å². The number of aromatic nitrogens is 3. The standard InChI is InChI=1S/C21H26ClF3N6O2/c1-27-19(21(23,24)25)26-31(20(27)33)17-6-8-28(9-7-17)14-18(32)30-12-10-29(11-13-30)16-4-2-15(22)3-5-16/h2-5,17H,6-14H2,1H3. The van der Waals surface area contributed by atoms with Gasteiger partial charge in [0.15, 0.2) is 0 Å². The zero-order chi connectivity index (χ0) is 23.8. The van der Waals surface area contributed by atoms with Crippen molar-refractivity contribution in [1.82, 2.24) is 24.1 Å². The summed E-state index contributed by atoms with van der Waals surface area (Å²) in [4.78, 5) is 31.0. The van der Waals surface area contributed by atoms with Gasteiger partial charge in [-0.1, -0.05) is 11.6 Å². The first-order valence-corrected chi connectivity index (χ1v) is 11.2. The largest absolute Gasteiger partial charge is 0.451 e. The predicted molar refractivity (Wildman–Crippen MR) is 117 cm³/mol. The molecule has 0 N–H and O–H groups in total. The Labute approximate surface area is 194 Å². The van der Waals surface area contributed by atoms with Crippen LogP contribution in [0.4, 0.5) is 18.9 Å². The summed E-state index contributed by atoms with van der Waals surface area (Å²) in [6.45, 7) is 4.03. The predicted octanol–water partition coefficient (Wildman–Crippen LogP) is 2.24. The number of rotatable bonds is 4. The lowest BCUT2D eigenvalue weighted by molar-refractivity contribution is -0.147. The SMILES string of the molecule is Cn1c(C(F)(F)F)nn(C2CCN(CC(=O)N3CCN(c4ccc(Cl)cc4)CC3)CC2)c1=O. The first kappa shape index (κ1) is 23.6. The summed E-state index contributed by atoms with van der Waals surface area (Å²) in [6.07, 6.45) is -3.75. The first-order valence-electron chi connectivity index (χ1n) is 10.9. The molecule has 2 aromatic rings. The van der Waals surface area contributed by atoms with E-state index in [9.17, 15) is 22.8 Å². The van der Waals surface area contributed by atoms with E-state index in [1.165, 1.54) is 0 Å². The zero-order valence-corrected chi connectivity index (χ0v) is 19.0. The van der Waals surface area contributed by atoms with Crippen molar-refractivity contribution in [3.05, 3.63) is 45.6 Å². The monoisotopic (exact) mass is 486 g/mol. The number of alkyl halides is 3. The molecule has 3 heterocycles. The van der Waals surface area contributed by atoms with Crippen LogP contribution in [0, 0.1) is 0 Å². The fraction of sp³-hybridized carbons (Fsp3) is 0.571. The van der Waals surface area contributed by atoms with Crippen LogP contribution in [0.1, 0.15) is 24.7 Å². The van der Waals surface area contributed by atoms with E-state index in [0.29, 0.717) is 48.6 Å². The first-order chi connectivity index (χ1) is 15.6. The summed E-state index contributed by atoms with van der Waals surface area (Å²) >= 11 is 5.94. The van der Waals surface area contributed by atoms with Crippen molar-refractivity contribution >= 4 is 23.2 Å². The molecule has 33 heavy (non-hydrogen) atoms. The third kappa shape index (κ3) is 5.19. The number of carbonyl (C=O) groups excluding carboxylic acids is 1. The lowest BCUT2D eigenvalue weighted by Gasteiger charge is -2.38. The van der Waals surface area contributed by atoms with Gasteiger partial charge in [0.05, 0.1) is 12.6 Å². The second-order valence-electron chi connectivity index (χ2n) is 8.46. The summed E-state index contributed by atoms with van der Waals surface area (Å²) in [5.41, 5.74) is 0.308. The Balaban J connectivity index is 1.27. The number of piperidine rings is 1. The Morgan fingerprint density at radius 3 is 2.21 bits per heavy atom. The van der Waals surface area contributed by atoms with Gasteiger partial charge in [-0.2, -0.15) is 13.2 Å². The molecule has 0 spiro atoms. The lowest BCUT2D eigenvalue weighted by atomic mass is 10.1. The lowest BCUT2D eigenvalue weighted by Crippen LogP contribution is -2.52. The number of benzene rings is 1. The minimum absolute atomic E-state index is 0.0403. The van der Waals surface area contributed by atoms with E-state index < -0.39 is 23.7 Å². The molecule has 1 aromatic heterocycles. The minimum Gasteiger partial charge on any atom is -0.368 e. The maximum Gasteiger partial charge on any atom is 0.451 e. The second kappa shape index (κ2) is 9.38. The molecule has 12 heteroatoms. The summed E-state index contributed by atoms with van der Waals surface area (Å²) in [6, 6.07) is 7.22. The Morgan fingerprint density at radius 1 is 1.06 bits per heavy atom. The van der Waals surface area contributed by atoms with Gasteiger partial charge in [-0.25, -0.2) is 9.48 Å². The summed E-state index contributed by atoms with van der Waals surface area (Å²) in [5.74, 6) is -1.15. The van der Waals surface area contributed by atoms with E-state index in [2.05, 4.69) is 10.00 Å².